The Hall–Kier alpha value is -0.380. The first-order chi connectivity index (χ1) is 9.38. The van der Waals surface area contributed by atoms with Crippen molar-refractivity contribution in [3.05, 3.63) is 11.6 Å². The minimum Gasteiger partial charge on any atom is -0.309 e. The number of likely N-dealkylation sites (N-methyl/N-ethyl adjacent to an activating group) is 1. The Bertz CT molecular complexity index is 318. The van der Waals surface area contributed by atoms with Crippen LogP contribution in [0.4, 0.5) is 0 Å². The molecule has 19 heavy (non-hydrogen) atoms. The van der Waals surface area contributed by atoms with Gasteiger partial charge < -0.3 is 5.32 Å². The summed E-state index contributed by atoms with van der Waals surface area (Å²) in [5.74, 6) is 0. The molecular formula is C16H29N3. The van der Waals surface area contributed by atoms with Crippen LogP contribution in [0.5, 0.6) is 0 Å². The highest BCUT2D eigenvalue weighted by atomic mass is 15.4. The van der Waals surface area contributed by atoms with Crippen LogP contribution in [0.1, 0.15) is 39.0 Å². The summed E-state index contributed by atoms with van der Waals surface area (Å²) in [5, 5.41) is 3.80. The van der Waals surface area contributed by atoms with Gasteiger partial charge in [-0.05, 0) is 32.2 Å². The first-order valence-electron chi connectivity index (χ1n) is 8.27. The lowest BCUT2D eigenvalue weighted by Gasteiger charge is -2.50. The van der Waals surface area contributed by atoms with E-state index >= 15 is 0 Å². The highest BCUT2D eigenvalue weighted by Crippen LogP contribution is 2.27. The van der Waals surface area contributed by atoms with Crippen molar-refractivity contribution in [3.63, 3.8) is 0 Å². The number of hydrogen-bond acceptors (Lipinski definition) is 3. The zero-order chi connectivity index (χ0) is 13.1. The second-order valence-electron chi connectivity index (χ2n) is 6.32. The molecule has 4 aliphatic rings. The molecule has 0 aromatic heterocycles. The quantitative estimate of drug-likeness (QED) is 0.781. The molecule has 0 radical (unpaired) electrons. The Morgan fingerprint density at radius 3 is 2.74 bits per heavy atom. The normalized spacial score (nSPS) is 36.7. The third-order valence-electron chi connectivity index (χ3n) is 5.11. The van der Waals surface area contributed by atoms with E-state index in [1.165, 1.54) is 64.8 Å². The molecule has 108 valence electrons. The summed E-state index contributed by atoms with van der Waals surface area (Å²) in [5.41, 5.74) is 1.71. The topological polar surface area (TPSA) is 18.5 Å². The van der Waals surface area contributed by atoms with Crippen molar-refractivity contribution in [1.29, 1.82) is 0 Å². The molecule has 3 heteroatoms. The standard InChI is InChI=1S/C16H29N3/c1-2-17-16(14-7-5-3-4-6-8-14)15-13-18-9-11-19(15)12-10-18/h7,15-17H,2-6,8-13H2,1H3. The van der Waals surface area contributed by atoms with E-state index in [0.29, 0.717) is 12.1 Å². The highest BCUT2D eigenvalue weighted by Gasteiger charge is 2.37. The number of hydrogen-bond donors (Lipinski definition) is 1. The van der Waals surface area contributed by atoms with Crippen molar-refractivity contribution >= 4 is 0 Å². The SMILES string of the molecule is CCNC(C1=CCCCCC1)C1CN2CCN1CC2. The third-order valence-corrected chi connectivity index (χ3v) is 5.11. The molecule has 0 aromatic carbocycles. The lowest BCUT2D eigenvalue weighted by atomic mass is 9.91. The third kappa shape index (κ3) is 3.04. The number of nitrogens with zero attached hydrogens (tertiary/aromatic N) is 2. The molecule has 4 rings (SSSR count). The average Bonchev–Trinajstić information content (AvgIpc) is 2.75. The van der Waals surface area contributed by atoms with Gasteiger partial charge in [-0.2, -0.15) is 0 Å². The fraction of sp³-hybridized carbons (Fsp3) is 0.875. The number of piperazine rings is 3. The summed E-state index contributed by atoms with van der Waals surface area (Å²) in [6, 6.07) is 1.32. The second-order valence-corrected chi connectivity index (χ2v) is 6.32. The first kappa shape index (κ1) is 13.6. The maximum atomic E-state index is 3.80. The molecule has 3 saturated heterocycles. The minimum absolute atomic E-state index is 0.603. The van der Waals surface area contributed by atoms with Crippen LogP contribution >= 0.6 is 0 Å². The van der Waals surface area contributed by atoms with Gasteiger partial charge in [0, 0.05) is 44.8 Å². The summed E-state index contributed by atoms with van der Waals surface area (Å²) in [6.07, 6.45) is 9.38. The van der Waals surface area contributed by atoms with Gasteiger partial charge in [0.15, 0.2) is 0 Å². The van der Waals surface area contributed by atoms with E-state index in [1.54, 1.807) is 5.57 Å². The van der Waals surface area contributed by atoms with Crippen molar-refractivity contribution in [1.82, 2.24) is 15.1 Å². The Balaban J connectivity index is 1.74. The van der Waals surface area contributed by atoms with Crippen molar-refractivity contribution in [3.8, 4) is 0 Å². The van der Waals surface area contributed by atoms with Crippen LogP contribution in [-0.2, 0) is 0 Å². The van der Waals surface area contributed by atoms with Crippen LogP contribution in [-0.4, -0.2) is 61.2 Å². The molecule has 2 unspecified atom stereocenters. The van der Waals surface area contributed by atoms with Gasteiger partial charge in [-0.1, -0.05) is 25.0 Å². The van der Waals surface area contributed by atoms with Crippen LogP contribution in [0.3, 0.4) is 0 Å². The molecule has 3 nitrogen and oxygen atoms in total. The van der Waals surface area contributed by atoms with E-state index in [-0.39, 0.29) is 0 Å². The zero-order valence-corrected chi connectivity index (χ0v) is 12.4. The summed E-state index contributed by atoms with van der Waals surface area (Å²) >= 11 is 0. The summed E-state index contributed by atoms with van der Waals surface area (Å²) < 4.78 is 0. The second kappa shape index (κ2) is 6.38. The minimum atomic E-state index is 0.603. The van der Waals surface area contributed by atoms with E-state index in [1.807, 2.05) is 0 Å². The van der Waals surface area contributed by atoms with E-state index in [9.17, 15) is 0 Å². The smallest absolute Gasteiger partial charge is 0.0449 e. The van der Waals surface area contributed by atoms with E-state index in [2.05, 4.69) is 28.1 Å². The average molecular weight is 263 g/mol. The molecule has 3 fully saturated rings. The van der Waals surface area contributed by atoms with Crippen molar-refractivity contribution in [2.24, 2.45) is 0 Å². The molecule has 0 amide bonds. The monoisotopic (exact) mass is 263 g/mol. The maximum absolute atomic E-state index is 3.80. The van der Waals surface area contributed by atoms with Crippen molar-refractivity contribution in [2.75, 3.05) is 39.3 Å². The largest absolute Gasteiger partial charge is 0.309 e. The molecule has 1 N–H and O–H groups in total. The van der Waals surface area contributed by atoms with Gasteiger partial charge in [0.1, 0.15) is 0 Å². The molecule has 0 aromatic rings. The van der Waals surface area contributed by atoms with Crippen LogP contribution in [0.15, 0.2) is 11.6 Å². The fourth-order valence-electron chi connectivity index (χ4n) is 4.03. The molecule has 0 spiro atoms. The molecule has 1 aliphatic carbocycles. The number of fused-ring (bicyclic) bond motifs is 3. The Kier molecular flexibility index (Phi) is 4.57. The lowest BCUT2D eigenvalue weighted by molar-refractivity contribution is 0.00190. The van der Waals surface area contributed by atoms with Gasteiger partial charge in [-0.15, -0.1) is 0 Å². The van der Waals surface area contributed by atoms with Crippen LogP contribution in [0, 0.1) is 0 Å². The Morgan fingerprint density at radius 1 is 1.21 bits per heavy atom. The van der Waals surface area contributed by atoms with E-state index in [4.69, 9.17) is 0 Å². The van der Waals surface area contributed by atoms with Gasteiger partial charge >= 0.3 is 0 Å². The van der Waals surface area contributed by atoms with Gasteiger partial charge in [0.25, 0.3) is 0 Å². The highest BCUT2D eigenvalue weighted by molar-refractivity contribution is 5.17. The maximum Gasteiger partial charge on any atom is 0.0449 e. The number of rotatable bonds is 4. The first-order valence-corrected chi connectivity index (χ1v) is 8.27. The summed E-state index contributed by atoms with van der Waals surface area (Å²) in [7, 11) is 0. The molecule has 3 aliphatic heterocycles. The summed E-state index contributed by atoms with van der Waals surface area (Å²) in [6.45, 7) is 9.74. The fourth-order valence-corrected chi connectivity index (χ4v) is 4.03. The van der Waals surface area contributed by atoms with E-state index < -0.39 is 0 Å². The Morgan fingerprint density at radius 2 is 2.05 bits per heavy atom. The molecule has 2 atom stereocenters. The van der Waals surface area contributed by atoms with Crippen molar-refractivity contribution < 1.29 is 0 Å². The molecular weight excluding hydrogens is 234 g/mol. The lowest BCUT2D eigenvalue weighted by Crippen LogP contribution is -2.66. The van der Waals surface area contributed by atoms with Crippen LogP contribution in [0.25, 0.3) is 0 Å². The number of allylic oxidation sites excluding steroid dienone is 1. The number of nitrogens with one attached hydrogen (secondary N) is 1. The predicted octanol–water partition coefficient (Wildman–Crippen LogP) is 1.85. The van der Waals surface area contributed by atoms with E-state index in [0.717, 1.165) is 6.54 Å². The zero-order valence-electron chi connectivity index (χ0n) is 12.4. The molecule has 3 heterocycles. The van der Waals surface area contributed by atoms with Gasteiger partial charge in [-0.25, -0.2) is 0 Å². The predicted molar refractivity (Wildman–Crippen MR) is 80.4 cm³/mol. The Labute approximate surface area is 118 Å². The van der Waals surface area contributed by atoms with Crippen LogP contribution < -0.4 is 5.32 Å². The van der Waals surface area contributed by atoms with Gasteiger partial charge in [0.05, 0.1) is 0 Å². The van der Waals surface area contributed by atoms with Gasteiger partial charge in [-0.3, -0.25) is 9.80 Å². The van der Waals surface area contributed by atoms with Gasteiger partial charge in [0.2, 0.25) is 0 Å². The van der Waals surface area contributed by atoms with Crippen LogP contribution in [0.2, 0.25) is 0 Å². The molecule has 2 bridgehead atoms. The molecule has 0 saturated carbocycles. The summed E-state index contributed by atoms with van der Waals surface area (Å²) in [4.78, 5) is 5.39. The van der Waals surface area contributed by atoms with Crippen molar-refractivity contribution in [2.45, 2.75) is 51.1 Å².